The predicted molar refractivity (Wildman–Crippen MR) is 102 cm³/mol. The fraction of sp³-hybridized carbons (Fsp3) is 0.474. The summed E-state index contributed by atoms with van der Waals surface area (Å²) in [6.07, 6.45) is 5.94. The molecule has 6 heteroatoms. The molecular weight excluding hydrogens is 334 g/mol. The zero-order valence-corrected chi connectivity index (χ0v) is 15.5. The second kappa shape index (κ2) is 6.59. The molecule has 0 aliphatic carbocycles. The minimum absolute atomic E-state index is 0.465. The number of nitrogens with zero attached hydrogens (tertiary/aromatic N) is 2. The van der Waals surface area contributed by atoms with E-state index >= 15 is 0 Å². The number of rotatable bonds is 3. The lowest BCUT2D eigenvalue weighted by atomic mass is 9.97. The first-order valence-corrected chi connectivity index (χ1v) is 10.5. The van der Waals surface area contributed by atoms with Crippen LogP contribution in [0.5, 0.6) is 0 Å². The summed E-state index contributed by atoms with van der Waals surface area (Å²) >= 11 is 0. The van der Waals surface area contributed by atoms with Crippen LogP contribution in [0.1, 0.15) is 36.9 Å². The minimum atomic E-state index is -3.32. The Balaban J connectivity index is 1.59. The second-order valence-electron chi connectivity index (χ2n) is 6.98. The van der Waals surface area contributed by atoms with Crippen molar-refractivity contribution in [2.24, 2.45) is 0 Å². The van der Waals surface area contributed by atoms with E-state index < -0.39 is 10.2 Å². The fourth-order valence-corrected chi connectivity index (χ4v) is 5.67. The van der Waals surface area contributed by atoms with Crippen LogP contribution in [0.3, 0.4) is 0 Å². The minimum Gasteiger partial charge on any atom is -0.358 e. The Kier molecular flexibility index (Phi) is 4.43. The number of aryl methyl sites for hydroxylation is 1. The van der Waals surface area contributed by atoms with Crippen molar-refractivity contribution >= 4 is 26.7 Å². The SMILES string of the molecule is Cc1[nH]c2ccccc2c1C1=CCN(S(=O)(=O)N2CCCCC2)CC1. The van der Waals surface area contributed by atoms with Crippen molar-refractivity contribution in [1.82, 2.24) is 13.6 Å². The molecule has 1 aromatic heterocycles. The van der Waals surface area contributed by atoms with Crippen LogP contribution in [0.2, 0.25) is 0 Å². The molecule has 2 aromatic rings. The van der Waals surface area contributed by atoms with Crippen molar-refractivity contribution in [2.75, 3.05) is 26.2 Å². The van der Waals surface area contributed by atoms with Gasteiger partial charge < -0.3 is 4.98 Å². The van der Waals surface area contributed by atoms with Gasteiger partial charge in [0.25, 0.3) is 10.2 Å². The van der Waals surface area contributed by atoms with Crippen LogP contribution >= 0.6 is 0 Å². The average molecular weight is 359 g/mol. The average Bonchev–Trinajstić information content (AvgIpc) is 2.98. The molecule has 5 nitrogen and oxygen atoms in total. The zero-order valence-electron chi connectivity index (χ0n) is 14.7. The normalized spacial score (nSPS) is 20.8. The molecule has 0 saturated carbocycles. The zero-order chi connectivity index (χ0) is 17.4. The van der Waals surface area contributed by atoms with Crippen LogP contribution < -0.4 is 0 Å². The van der Waals surface area contributed by atoms with E-state index in [1.165, 1.54) is 16.5 Å². The standard InChI is InChI=1S/C19H25N3O2S/c1-15-19(17-7-3-4-8-18(17)20-15)16-9-13-22(14-10-16)25(23,24)21-11-5-2-6-12-21/h3-4,7-9,20H,2,5-6,10-14H2,1H3. The lowest BCUT2D eigenvalue weighted by Crippen LogP contribution is -2.47. The van der Waals surface area contributed by atoms with Crippen LogP contribution in [-0.2, 0) is 10.2 Å². The maximum absolute atomic E-state index is 12.8. The Labute approximate surface area is 149 Å². The predicted octanol–water partition coefficient (Wildman–Crippen LogP) is 3.30. The van der Waals surface area contributed by atoms with Crippen LogP contribution in [-0.4, -0.2) is 48.2 Å². The van der Waals surface area contributed by atoms with Gasteiger partial charge in [-0.05, 0) is 37.8 Å². The highest BCUT2D eigenvalue weighted by Gasteiger charge is 2.32. The van der Waals surface area contributed by atoms with Gasteiger partial charge in [0.1, 0.15) is 0 Å². The van der Waals surface area contributed by atoms with Crippen molar-refractivity contribution < 1.29 is 8.42 Å². The maximum atomic E-state index is 12.8. The Morgan fingerprint density at radius 3 is 2.48 bits per heavy atom. The number of nitrogens with one attached hydrogen (secondary N) is 1. The topological polar surface area (TPSA) is 56.4 Å². The lowest BCUT2D eigenvalue weighted by Gasteiger charge is -2.33. The molecule has 4 rings (SSSR count). The number of H-pyrrole nitrogens is 1. The molecule has 0 unspecified atom stereocenters. The molecule has 2 aliphatic heterocycles. The molecule has 0 atom stereocenters. The Hall–Kier alpha value is -1.63. The van der Waals surface area contributed by atoms with E-state index in [1.807, 2.05) is 6.07 Å². The number of benzene rings is 1. The van der Waals surface area contributed by atoms with E-state index in [1.54, 1.807) is 8.61 Å². The molecule has 0 radical (unpaired) electrons. The first-order chi connectivity index (χ1) is 12.1. The van der Waals surface area contributed by atoms with E-state index in [0.717, 1.165) is 36.9 Å². The van der Waals surface area contributed by atoms with Crippen molar-refractivity contribution in [3.05, 3.63) is 41.6 Å². The summed E-state index contributed by atoms with van der Waals surface area (Å²) in [7, 11) is -3.32. The third-order valence-corrected chi connectivity index (χ3v) is 7.36. The molecule has 1 fully saturated rings. The van der Waals surface area contributed by atoms with Gasteiger partial charge >= 0.3 is 0 Å². The van der Waals surface area contributed by atoms with Gasteiger partial charge in [-0.15, -0.1) is 0 Å². The third-order valence-electron chi connectivity index (χ3n) is 5.35. The van der Waals surface area contributed by atoms with Crippen LogP contribution in [0.15, 0.2) is 30.3 Å². The quantitative estimate of drug-likeness (QED) is 0.914. The highest BCUT2D eigenvalue weighted by atomic mass is 32.2. The van der Waals surface area contributed by atoms with Crippen LogP contribution in [0, 0.1) is 6.92 Å². The Morgan fingerprint density at radius 2 is 1.76 bits per heavy atom. The van der Waals surface area contributed by atoms with E-state index in [2.05, 4.69) is 36.2 Å². The molecule has 0 bridgehead atoms. The monoisotopic (exact) mass is 359 g/mol. The van der Waals surface area contributed by atoms with Gasteiger partial charge in [-0.1, -0.05) is 30.7 Å². The first kappa shape index (κ1) is 16.8. The van der Waals surface area contributed by atoms with Gasteiger partial charge in [0.15, 0.2) is 0 Å². The fourth-order valence-electron chi connectivity index (χ4n) is 4.04. The van der Waals surface area contributed by atoms with Crippen LogP contribution in [0.4, 0.5) is 0 Å². The first-order valence-electron chi connectivity index (χ1n) is 9.09. The second-order valence-corrected chi connectivity index (χ2v) is 8.90. The number of hydrogen-bond donors (Lipinski definition) is 1. The number of aromatic amines is 1. The van der Waals surface area contributed by atoms with Gasteiger partial charge in [0, 0.05) is 48.3 Å². The number of para-hydroxylation sites is 1. The Bertz CT molecular complexity index is 908. The molecule has 134 valence electrons. The van der Waals surface area contributed by atoms with Crippen molar-refractivity contribution in [3.63, 3.8) is 0 Å². The summed E-state index contributed by atoms with van der Waals surface area (Å²) in [5.74, 6) is 0. The van der Waals surface area contributed by atoms with Crippen molar-refractivity contribution in [3.8, 4) is 0 Å². The van der Waals surface area contributed by atoms with Crippen molar-refractivity contribution in [1.29, 1.82) is 0 Å². The molecule has 0 spiro atoms. The van der Waals surface area contributed by atoms with Crippen LogP contribution in [0.25, 0.3) is 16.5 Å². The van der Waals surface area contributed by atoms with Crippen molar-refractivity contribution in [2.45, 2.75) is 32.6 Å². The van der Waals surface area contributed by atoms with Gasteiger partial charge in [0.2, 0.25) is 0 Å². The number of fused-ring (bicyclic) bond motifs is 1. The maximum Gasteiger partial charge on any atom is 0.282 e. The summed E-state index contributed by atoms with van der Waals surface area (Å²) < 4.78 is 28.9. The summed E-state index contributed by atoms with van der Waals surface area (Å²) in [6, 6.07) is 8.30. The van der Waals surface area contributed by atoms with E-state index in [0.29, 0.717) is 26.2 Å². The highest BCUT2D eigenvalue weighted by Crippen LogP contribution is 2.33. The summed E-state index contributed by atoms with van der Waals surface area (Å²) in [6.45, 7) is 4.44. The molecular formula is C19H25N3O2S. The largest absolute Gasteiger partial charge is 0.358 e. The summed E-state index contributed by atoms with van der Waals surface area (Å²) in [4.78, 5) is 3.44. The number of piperidine rings is 1. The van der Waals surface area contributed by atoms with E-state index in [-0.39, 0.29) is 0 Å². The Morgan fingerprint density at radius 1 is 1.00 bits per heavy atom. The highest BCUT2D eigenvalue weighted by molar-refractivity contribution is 7.86. The van der Waals surface area contributed by atoms with E-state index in [9.17, 15) is 8.42 Å². The molecule has 1 saturated heterocycles. The molecule has 3 heterocycles. The molecule has 1 N–H and O–H groups in total. The summed E-state index contributed by atoms with van der Waals surface area (Å²) in [5, 5.41) is 1.22. The number of hydrogen-bond acceptors (Lipinski definition) is 2. The molecule has 25 heavy (non-hydrogen) atoms. The smallest absolute Gasteiger partial charge is 0.282 e. The third kappa shape index (κ3) is 3.03. The van der Waals surface area contributed by atoms with Gasteiger partial charge in [0.05, 0.1) is 0 Å². The lowest BCUT2D eigenvalue weighted by molar-refractivity contribution is 0.309. The van der Waals surface area contributed by atoms with Gasteiger partial charge in [-0.3, -0.25) is 0 Å². The number of aromatic nitrogens is 1. The van der Waals surface area contributed by atoms with Gasteiger partial charge in [-0.25, -0.2) is 0 Å². The molecule has 2 aliphatic rings. The summed E-state index contributed by atoms with van der Waals surface area (Å²) in [5.41, 5.74) is 4.78. The molecule has 0 amide bonds. The molecule has 1 aromatic carbocycles. The van der Waals surface area contributed by atoms with Gasteiger partial charge in [-0.2, -0.15) is 17.0 Å². The van der Waals surface area contributed by atoms with E-state index in [4.69, 9.17) is 0 Å².